The predicted molar refractivity (Wildman–Crippen MR) is 74.2 cm³/mol. The summed E-state index contributed by atoms with van der Waals surface area (Å²) < 4.78 is 5.37. The Hall–Kier alpha value is -1.64. The molecular formula is C16H21NO2. The number of carbonyl (C=O) groups excluding carboxylic acids is 1. The molecule has 1 fully saturated rings. The number of hydrogen-bond donors (Lipinski definition) is 0. The van der Waals surface area contributed by atoms with Gasteiger partial charge < -0.3 is 4.74 Å². The van der Waals surface area contributed by atoms with Gasteiger partial charge in [0.2, 0.25) is 0 Å². The lowest BCUT2D eigenvalue weighted by Crippen LogP contribution is -2.11. The van der Waals surface area contributed by atoms with Crippen LogP contribution in [0.2, 0.25) is 0 Å². The van der Waals surface area contributed by atoms with Crippen molar-refractivity contribution in [2.45, 2.75) is 34.3 Å². The van der Waals surface area contributed by atoms with Gasteiger partial charge in [0.05, 0.1) is 11.6 Å². The first-order chi connectivity index (χ1) is 8.93. The second kappa shape index (κ2) is 5.16. The van der Waals surface area contributed by atoms with Crippen LogP contribution in [0.25, 0.3) is 0 Å². The fraction of sp³-hybridized carbons (Fsp3) is 0.500. The zero-order valence-corrected chi connectivity index (χ0v) is 12.0. The Morgan fingerprint density at radius 1 is 1.42 bits per heavy atom. The number of rotatable bonds is 4. The first-order valence-electron chi connectivity index (χ1n) is 6.64. The van der Waals surface area contributed by atoms with Crippen molar-refractivity contribution in [2.24, 2.45) is 17.3 Å². The fourth-order valence-electron chi connectivity index (χ4n) is 2.52. The second-order valence-corrected chi connectivity index (χ2v) is 6.00. The molecule has 1 heterocycles. The van der Waals surface area contributed by atoms with Crippen LogP contribution < -0.4 is 0 Å². The van der Waals surface area contributed by atoms with Crippen LogP contribution in [0, 0.1) is 17.3 Å². The van der Waals surface area contributed by atoms with Gasteiger partial charge in [0.25, 0.3) is 0 Å². The van der Waals surface area contributed by atoms with Gasteiger partial charge in [-0.25, -0.2) is 0 Å². The van der Waals surface area contributed by atoms with Crippen LogP contribution >= 0.6 is 0 Å². The van der Waals surface area contributed by atoms with Crippen LogP contribution in [0.3, 0.4) is 0 Å². The van der Waals surface area contributed by atoms with Crippen LogP contribution in [-0.4, -0.2) is 11.0 Å². The Bertz CT molecular complexity index is 487. The van der Waals surface area contributed by atoms with E-state index in [0.29, 0.717) is 5.92 Å². The smallest absolute Gasteiger partial charge is 0.310 e. The standard InChI is InChI=1S/C16H21NO2/c1-11(2)9-13-14(16(13,3)4)15(18)19-10-12-7-5-6-8-17-12/h5-9,13-14H,10H2,1-4H3. The maximum atomic E-state index is 12.1. The molecule has 2 rings (SSSR count). The SMILES string of the molecule is CC(C)=CC1C(C(=O)OCc2ccccn2)C1(C)C. The van der Waals surface area contributed by atoms with Gasteiger partial charge in [-0.05, 0) is 37.3 Å². The van der Waals surface area contributed by atoms with Gasteiger partial charge in [-0.2, -0.15) is 0 Å². The molecule has 0 aliphatic heterocycles. The zero-order valence-electron chi connectivity index (χ0n) is 12.0. The molecule has 0 bridgehead atoms. The highest BCUT2D eigenvalue weighted by molar-refractivity contribution is 5.78. The minimum atomic E-state index is -0.113. The Labute approximate surface area is 114 Å². The molecule has 19 heavy (non-hydrogen) atoms. The molecule has 1 aromatic rings. The molecule has 102 valence electrons. The summed E-state index contributed by atoms with van der Waals surface area (Å²) >= 11 is 0. The first-order valence-corrected chi connectivity index (χ1v) is 6.64. The number of aromatic nitrogens is 1. The van der Waals surface area contributed by atoms with Crippen LogP contribution in [0.5, 0.6) is 0 Å². The third-order valence-electron chi connectivity index (χ3n) is 3.77. The summed E-state index contributed by atoms with van der Waals surface area (Å²) in [6.07, 6.45) is 3.88. The third kappa shape index (κ3) is 3.03. The van der Waals surface area contributed by atoms with E-state index in [1.54, 1.807) is 6.20 Å². The van der Waals surface area contributed by atoms with Crippen molar-refractivity contribution in [2.75, 3.05) is 0 Å². The molecule has 1 aromatic heterocycles. The molecule has 3 heteroatoms. The van der Waals surface area contributed by atoms with Crippen molar-refractivity contribution in [3.63, 3.8) is 0 Å². The van der Waals surface area contributed by atoms with E-state index in [1.807, 2.05) is 18.2 Å². The number of allylic oxidation sites excluding steroid dienone is 2. The fourth-order valence-corrected chi connectivity index (χ4v) is 2.52. The Morgan fingerprint density at radius 3 is 2.74 bits per heavy atom. The van der Waals surface area contributed by atoms with E-state index in [0.717, 1.165) is 5.69 Å². The first kappa shape index (κ1) is 13.8. The van der Waals surface area contributed by atoms with Gasteiger partial charge in [0.15, 0.2) is 0 Å². The number of nitrogens with zero attached hydrogens (tertiary/aromatic N) is 1. The average Bonchev–Trinajstić information content (AvgIpc) is 2.88. The molecule has 1 aliphatic rings. The molecule has 2 atom stereocenters. The molecule has 0 radical (unpaired) electrons. The van der Waals surface area contributed by atoms with Crippen molar-refractivity contribution < 1.29 is 9.53 Å². The summed E-state index contributed by atoms with van der Waals surface area (Å²) in [5.74, 6) is 0.165. The van der Waals surface area contributed by atoms with Crippen molar-refractivity contribution in [1.29, 1.82) is 0 Å². The number of pyridine rings is 1. The van der Waals surface area contributed by atoms with E-state index in [2.05, 4.69) is 38.8 Å². The molecule has 0 spiro atoms. The largest absolute Gasteiger partial charge is 0.459 e. The lowest BCUT2D eigenvalue weighted by atomic mass is 10.1. The van der Waals surface area contributed by atoms with Crippen molar-refractivity contribution >= 4 is 5.97 Å². The second-order valence-electron chi connectivity index (χ2n) is 6.00. The summed E-state index contributed by atoms with van der Waals surface area (Å²) in [5.41, 5.74) is 2.05. The molecule has 1 aliphatic carbocycles. The summed E-state index contributed by atoms with van der Waals surface area (Å²) in [6.45, 7) is 8.61. The Balaban J connectivity index is 1.93. The lowest BCUT2D eigenvalue weighted by Gasteiger charge is -2.04. The lowest BCUT2D eigenvalue weighted by molar-refractivity contribution is -0.147. The number of ether oxygens (including phenoxy) is 1. The van der Waals surface area contributed by atoms with E-state index < -0.39 is 0 Å². The zero-order chi connectivity index (χ0) is 14.0. The molecular weight excluding hydrogens is 238 g/mol. The minimum absolute atomic E-state index is 0.0124. The number of carbonyl (C=O) groups is 1. The van der Waals surface area contributed by atoms with Gasteiger partial charge in [-0.3, -0.25) is 9.78 Å². The molecule has 0 N–H and O–H groups in total. The van der Waals surface area contributed by atoms with Gasteiger partial charge in [-0.15, -0.1) is 0 Å². The van der Waals surface area contributed by atoms with Gasteiger partial charge in [-0.1, -0.05) is 31.6 Å². The maximum absolute atomic E-state index is 12.1. The summed E-state index contributed by atoms with van der Waals surface area (Å²) in [5, 5.41) is 0. The monoisotopic (exact) mass is 259 g/mol. The Kier molecular flexibility index (Phi) is 3.74. The highest BCUT2D eigenvalue weighted by atomic mass is 16.5. The van der Waals surface area contributed by atoms with E-state index in [-0.39, 0.29) is 23.9 Å². The van der Waals surface area contributed by atoms with E-state index >= 15 is 0 Å². The van der Waals surface area contributed by atoms with E-state index in [9.17, 15) is 4.79 Å². The summed E-state index contributed by atoms with van der Waals surface area (Å²) in [6, 6.07) is 5.60. The third-order valence-corrected chi connectivity index (χ3v) is 3.77. The molecule has 3 nitrogen and oxygen atoms in total. The van der Waals surface area contributed by atoms with Crippen molar-refractivity contribution in [3.8, 4) is 0 Å². The summed E-state index contributed by atoms with van der Waals surface area (Å²) in [7, 11) is 0. The van der Waals surface area contributed by atoms with Crippen LogP contribution in [-0.2, 0) is 16.1 Å². The predicted octanol–water partition coefficient (Wildman–Crippen LogP) is 3.36. The highest BCUT2D eigenvalue weighted by Crippen LogP contribution is 2.59. The average molecular weight is 259 g/mol. The van der Waals surface area contributed by atoms with Crippen LogP contribution in [0.1, 0.15) is 33.4 Å². The highest BCUT2D eigenvalue weighted by Gasteiger charge is 2.61. The number of esters is 1. The van der Waals surface area contributed by atoms with Crippen LogP contribution in [0.4, 0.5) is 0 Å². The van der Waals surface area contributed by atoms with E-state index in [1.165, 1.54) is 5.57 Å². The van der Waals surface area contributed by atoms with E-state index in [4.69, 9.17) is 4.74 Å². The summed E-state index contributed by atoms with van der Waals surface area (Å²) in [4.78, 5) is 16.3. The maximum Gasteiger partial charge on any atom is 0.310 e. The molecule has 2 unspecified atom stereocenters. The minimum Gasteiger partial charge on any atom is -0.459 e. The normalized spacial score (nSPS) is 23.6. The molecule has 1 saturated carbocycles. The molecule has 0 aromatic carbocycles. The quantitative estimate of drug-likeness (QED) is 0.615. The number of hydrogen-bond acceptors (Lipinski definition) is 3. The molecule has 0 amide bonds. The van der Waals surface area contributed by atoms with Gasteiger partial charge in [0, 0.05) is 6.20 Å². The topological polar surface area (TPSA) is 39.2 Å². The van der Waals surface area contributed by atoms with Crippen molar-refractivity contribution in [3.05, 3.63) is 41.7 Å². The molecule has 0 saturated heterocycles. The van der Waals surface area contributed by atoms with Gasteiger partial charge in [0.1, 0.15) is 6.61 Å². The van der Waals surface area contributed by atoms with Crippen molar-refractivity contribution in [1.82, 2.24) is 4.98 Å². The Morgan fingerprint density at radius 2 is 2.16 bits per heavy atom. The van der Waals surface area contributed by atoms with Crippen LogP contribution in [0.15, 0.2) is 36.0 Å². The van der Waals surface area contributed by atoms with Gasteiger partial charge >= 0.3 is 5.97 Å².